The third kappa shape index (κ3) is 6.06. The predicted molar refractivity (Wildman–Crippen MR) is 151 cm³/mol. The molecular weight excluding hydrogens is 502 g/mol. The summed E-state index contributed by atoms with van der Waals surface area (Å²) >= 11 is 1.36. The lowest BCUT2D eigenvalue weighted by molar-refractivity contribution is -0.384. The molecule has 1 heterocycles. The number of hydrogen-bond acceptors (Lipinski definition) is 7. The van der Waals surface area contributed by atoms with Crippen LogP contribution in [0.1, 0.15) is 36.1 Å². The van der Waals surface area contributed by atoms with Crippen LogP contribution in [0.4, 0.5) is 11.4 Å². The van der Waals surface area contributed by atoms with Gasteiger partial charge in [0.05, 0.1) is 22.1 Å². The van der Waals surface area contributed by atoms with Crippen LogP contribution in [0, 0.1) is 24.0 Å². The monoisotopic (exact) mass is 531 g/mol. The molecule has 1 aliphatic rings. The summed E-state index contributed by atoms with van der Waals surface area (Å²) in [6.07, 6.45) is 1.84. The minimum atomic E-state index is -0.434. The van der Waals surface area contributed by atoms with Crippen LogP contribution in [0.15, 0.2) is 70.6 Å². The highest BCUT2D eigenvalue weighted by Gasteiger charge is 2.32. The molecule has 0 unspecified atom stereocenters. The van der Waals surface area contributed by atoms with E-state index in [0.29, 0.717) is 34.7 Å². The van der Waals surface area contributed by atoms with E-state index >= 15 is 0 Å². The number of non-ortho nitro benzene ring substituents is 1. The molecule has 196 valence electrons. The number of rotatable bonds is 9. The number of hydrogen-bond donors (Lipinski definition) is 0. The molecule has 9 heteroatoms. The summed E-state index contributed by atoms with van der Waals surface area (Å²) in [5.74, 6) is 1.01. The van der Waals surface area contributed by atoms with Crippen molar-refractivity contribution < 1.29 is 19.2 Å². The number of nitro benzene ring substituents is 1. The number of para-hydroxylation sites is 1. The third-order valence-corrected chi connectivity index (χ3v) is 6.96. The maximum absolute atomic E-state index is 13.2. The topological polar surface area (TPSA) is 94.3 Å². The molecule has 4 rings (SSSR count). The summed E-state index contributed by atoms with van der Waals surface area (Å²) in [6, 6.07) is 17.8. The largest absolute Gasteiger partial charge is 0.490 e. The number of ether oxygens (including phenoxy) is 2. The van der Waals surface area contributed by atoms with Crippen LogP contribution in [0.5, 0.6) is 11.5 Å². The lowest BCUT2D eigenvalue weighted by atomic mass is 10.1. The maximum Gasteiger partial charge on any atom is 0.269 e. The maximum atomic E-state index is 13.2. The number of likely N-dealkylation sites (N-methyl/N-ethyl adjacent to an activating group) is 1. The van der Waals surface area contributed by atoms with Gasteiger partial charge in [-0.15, -0.1) is 0 Å². The highest BCUT2D eigenvalue weighted by Crippen LogP contribution is 2.37. The van der Waals surface area contributed by atoms with E-state index in [1.807, 2.05) is 64.1 Å². The van der Waals surface area contributed by atoms with Gasteiger partial charge in [0.1, 0.15) is 6.61 Å². The lowest BCUT2D eigenvalue weighted by Gasteiger charge is -2.13. The molecule has 3 aromatic rings. The van der Waals surface area contributed by atoms with Crippen LogP contribution in [0.2, 0.25) is 0 Å². The van der Waals surface area contributed by atoms with E-state index < -0.39 is 4.92 Å². The summed E-state index contributed by atoms with van der Waals surface area (Å²) in [5.41, 5.74) is 4.64. The first-order valence-corrected chi connectivity index (χ1v) is 13.1. The minimum Gasteiger partial charge on any atom is -0.490 e. The highest BCUT2D eigenvalue weighted by molar-refractivity contribution is 8.18. The van der Waals surface area contributed by atoms with Gasteiger partial charge in [-0.3, -0.25) is 19.8 Å². The molecule has 1 aliphatic heterocycles. The fourth-order valence-corrected chi connectivity index (χ4v) is 5.02. The Hall–Kier alpha value is -4.11. The van der Waals surface area contributed by atoms with Gasteiger partial charge < -0.3 is 9.47 Å². The number of carbonyl (C=O) groups excluding carboxylic acids is 1. The summed E-state index contributed by atoms with van der Waals surface area (Å²) in [6.45, 7) is 9.05. The van der Waals surface area contributed by atoms with E-state index in [1.54, 1.807) is 23.1 Å². The van der Waals surface area contributed by atoms with Gasteiger partial charge in [-0.05, 0) is 92.1 Å². The fraction of sp³-hybridized carbons (Fsp3) is 0.241. The van der Waals surface area contributed by atoms with Gasteiger partial charge in [-0.2, -0.15) is 0 Å². The normalized spacial score (nSPS) is 15.4. The second-order valence-corrected chi connectivity index (χ2v) is 9.66. The number of carbonyl (C=O) groups is 1. The summed E-state index contributed by atoms with van der Waals surface area (Å²) in [5, 5.41) is 11.5. The number of aryl methyl sites for hydroxylation is 2. The highest BCUT2D eigenvalue weighted by atomic mass is 32.2. The van der Waals surface area contributed by atoms with Crippen molar-refractivity contribution >= 4 is 40.3 Å². The Morgan fingerprint density at radius 3 is 2.34 bits per heavy atom. The molecule has 0 N–H and O–H groups in total. The first-order valence-electron chi connectivity index (χ1n) is 12.3. The smallest absolute Gasteiger partial charge is 0.269 e. The standard InChI is InChI=1S/C29H29N3O5S/c1-5-31-28(33)26(38-29(31)30-27-19(3)8-7-9-20(27)4)17-22-12-15-24(25(16-22)36-6-2)37-18-21-10-13-23(14-11-21)32(34)35/h7-17H,5-6,18H2,1-4H3/b26-17+,30-29?. The van der Waals surface area contributed by atoms with Crippen molar-refractivity contribution in [2.24, 2.45) is 4.99 Å². The van der Waals surface area contributed by atoms with Crippen LogP contribution in [-0.2, 0) is 11.4 Å². The number of thioether (sulfide) groups is 1. The van der Waals surface area contributed by atoms with E-state index in [9.17, 15) is 14.9 Å². The average molecular weight is 532 g/mol. The predicted octanol–water partition coefficient (Wildman–Crippen LogP) is 6.81. The summed E-state index contributed by atoms with van der Waals surface area (Å²) in [4.78, 5) is 30.7. The van der Waals surface area contributed by atoms with E-state index in [0.717, 1.165) is 27.9 Å². The Morgan fingerprint density at radius 1 is 1.00 bits per heavy atom. The van der Waals surface area contributed by atoms with Gasteiger partial charge in [0, 0.05) is 18.7 Å². The van der Waals surface area contributed by atoms with Crippen molar-refractivity contribution in [3.8, 4) is 11.5 Å². The Labute approximate surface area is 226 Å². The second-order valence-electron chi connectivity index (χ2n) is 8.65. The van der Waals surface area contributed by atoms with Crippen molar-refractivity contribution in [2.45, 2.75) is 34.3 Å². The van der Waals surface area contributed by atoms with Gasteiger partial charge in [0.2, 0.25) is 0 Å². The fourth-order valence-electron chi connectivity index (χ4n) is 3.98. The van der Waals surface area contributed by atoms with E-state index in [-0.39, 0.29) is 18.2 Å². The molecule has 8 nitrogen and oxygen atoms in total. The molecule has 0 aromatic heterocycles. The van der Waals surface area contributed by atoms with Crippen molar-refractivity contribution in [3.63, 3.8) is 0 Å². The van der Waals surface area contributed by atoms with Crippen LogP contribution in [-0.4, -0.2) is 34.0 Å². The minimum absolute atomic E-state index is 0.0318. The van der Waals surface area contributed by atoms with Crippen molar-refractivity contribution in [1.29, 1.82) is 0 Å². The number of aliphatic imine (C=N–C) groups is 1. The first kappa shape index (κ1) is 26.9. The van der Waals surface area contributed by atoms with E-state index in [2.05, 4.69) is 0 Å². The van der Waals surface area contributed by atoms with Gasteiger partial charge in [0.15, 0.2) is 16.7 Å². The number of amides is 1. The number of nitro groups is 1. The van der Waals surface area contributed by atoms with Gasteiger partial charge in [0.25, 0.3) is 11.6 Å². The zero-order chi connectivity index (χ0) is 27.2. The van der Waals surface area contributed by atoms with Crippen molar-refractivity contribution in [2.75, 3.05) is 13.2 Å². The van der Waals surface area contributed by atoms with Crippen LogP contribution < -0.4 is 9.47 Å². The second kappa shape index (κ2) is 12.0. The molecule has 0 aliphatic carbocycles. The average Bonchev–Trinajstić information content (AvgIpc) is 3.19. The van der Waals surface area contributed by atoms with Crippen molar-refractivity contribution in [3.05, 3.63) is 97.9 Å². The van der Waals surface area contributed by atoms with Gasteiger partial charge in [-0.1, -0.05) is 24.3 Å². The van der Waals surface area contributed by atoms with Crippen LogP contribution in [0.3, 0.4) is 0 Å². The molecule has 0 saturated carbocycles. The zero-order valence-corrected chi connectivity index (χ0v) is 22.6. The molecule has 0 radical (unpaired) electrons. The third-order valence-electron chi connectivity index (χ3n) is 5.96. The Morgan fingerprint density at radius 2 is 1.71 bits per heavy atom. The molecular formula is C29H29N3O5S. The molecule has 1 saturated heterocycles. The SMILES string of the molecule is CCOc1cc(/C=C2/SC(=Nc3c(C)cccc3C)N(CC)C2=O)ccc1OCc1ccc([N+](=O)[O-])cc1. The first-order chi connectivity index (χ1) is 18.3. The van der Waals surface area contributed by atoms with E-state index in [1.165, 1.54) is 23.9 Å². The Kier molecular flexibility index (Phi) is 8.48. The molecule has 0 bridgehead atoms. The number of amidine groups is 1. The van der Waals surface area contributed by atoms with E-state index in [4.69, 9.17) is 14.5 Å². The number of benzene rings is 3. The van der Waals surface area contributed by atoms with Crippen LogP contribution >= 0.6 is 11.8 Å². The quantitative estimate of drug-likeness (QED) is 0.171. The molecule has 1 fully saturated rings. The number of nitrogens with zero attached hydrogens (tertiary/aromatic N) is 3. The summed E-state index contributed by atoms with van der Waals surface area (Å²) < 4.78 is 11.8. The Balaban J connectivity index is 1.56. The molecule has 3 aromatic carbocycles. The summed E-state index contributed by atoms with van der Waals surface area (Å²) in [7, 11) is 0. The molecule has 0 atom stereocenters. The Bertz CT molecular complexity index is 1400. The zero-order valence-electron chi connectivity index (χ0n) is 21.8. The lowest BCUT2D eigenvalue weighted by Crippen LogP contribution is -2.28. The van der Waals surface area contributed by atoms with Crippen LogP contribution in [0.25, 0.3) is 6.08 Å². The van der Waals surface area contributed by atoms with Gasteiger partial charge >= 0.3 is 0 Å². The molecule has 0 spiro atoms. The molecule has 1 amide bonds. The molecule has 38 heavy (non-hydrogen) atoms. The van der Waals surface area contributed by atoms with Gasteiger partial charge in [-0.25, -0.2) is 4.99 Å². The van der Waals surface area contributed by atoms with Crippen molar-refractivity contribution in [1.82, 2.24) is 4.90 Å².